The van der Waals surface area contributed by atoms with Crippen LogP contribution < -0.4 is 5.73 Å². The van der Waals surface area contributed by atoms with E-state index in [2.05, 4.69) is 0 Å². The van der Waals surface area contributed by atoms with Gasteiger partial charge in [-0.3, -0.25) is 0 Å². The van der Waals surface area contributed by atoms with Crippen LogP contribution in [0.25, 0.3) is 0 Å². The zero-order chi connectivity index (χ0) is 13.2. The molecule has 1 rings (SSSR count). The van der Waals surface area contributed by atoms with Crippen molar-refractivity contribution in [3.63, 3.8) is 0 Å². The van der Waals surface area contributed by atoms with Gasteiger partial charge in [0.05, 0.1) is 5.56 Å². The summed E-state index contributed by atoms with van der Waals surface area (Å²) in [5.41, 5.74) is 4.88. The number of hydrogen-bond acceptors (Lipinski definition) is 1. The molecule has 5 heteroatoms. The Labute approximate surface area is 97.6 Å². The van der Waals surface area contributed by atoms with Crippen LogP contribution in [0.4, 0.5) is 17.6 Å². The van der Waals surface area contributed by atoms with Crippen molar-refractivity contribution in [3.8, 4) is 0 Å². The Morgan fingerprint density at radius 1 is 1.24 bits per heavy atom. The quantitative estimate of drug-likeness (QED) is 0.808. The molecule has 0 heterocycles. The minimum Gasteiger partial charge on any atom is -0.324 e. The smallest absolute Gasteiger partial charge is 0.324 e. The van der Waals surface area contributed by atoms with Gasteiger partial charge in [-0.05, 0) is 24.5 Å². The molecule has 0 aliphatic rings. The maximum Gasteiger partial charge on any atom is 0.416 e. The molecule has 0 aromatic heterocycles. The molecule has 0 saturated heterocycles. The molecule has 0 radical (unpaired) electrons. The van der Waals surface area contributed by atoms with Crippen LogP contribution >= 0.6 is 0 Å². The third-order valence-electron chi connectivity index (χ3n) is 2.45. The number of hydrogen-bond donors (Lipinski definition) is 1. The van der Waals surface area contributed by atoms with Crippen molar-refractivity contribution >= 4 is 0 Å². The van der Waals surface area contributed by atoms with Gasteiger partial charge in [0.2, 0.25) is 0 Å². The Morgan fingerprint density at radius 3 is 2.24 bits per heavy atom. The SMILES string of the molecule is CC(C)C[C@@H](N)c1ccc(C(F)(F)F)cc1F. The van der Waals surface area contributed by atoms with Gasteiger partial charge in [0.25, 0.3) is 0 Å². The molecule has 0 aliphatic carbocycles. The van der Waals surface area contributed by atoms with Crippen LogP contribution in [0.5, 0.6) is 0 Å². The first-order valence-corrected chi connectivity index (χ1v) is 5.34. The molecule has 0 fully saturated rings. The third-order valence-corrected chi connectivity index (χ3v) is 2.45. The van der Waals surface area contributed by atoms with E-state index in [1.807, 2.05) is 13.8 Å². The van der Waals surface area contributed by atoms with Crippen molar-refractivity contribution in [2.75, 3.05) is 0 Å². The second-order valence-corrected chi connectivity index (χ2v) is 4.47. The average Bonchev–Trinajstić information content (AvgIpc) is 2.14. The number of halogens is 4. The summed E-state index contributed by atoms with van der Waals surface area (Å²) in [5.74, 6) is -0.639. The van der Waals surface area contributed by atoms with Crippen molar-refractivity contribution < 1.29 is 17.6 Å². The molecule has 2 N–H and O–H groups in total. The number of nitrogens with two attached hydrogens (primary N) is 1. The molecule has 96 valence electrons. The average molecular weight is 249 g/mol. The van der Waals surface area contributed by atoms with Crippen molar-refractivity contribution in [3.05, 3.63) is 35.1 Å². The molecule has 1 aromatic rings. The van der Waals surface area contributed by atoms with Gasteiger partial charge in [0, 0.05) is 11.6 Å². The summed E-state index contributed by atoms with van der Waals surface area (Å²) in [6.07, 6.45) is -4.00. The maximum absolute atomic E-state index is 13.5. The van der Waals surface area contributed by atoms with Gasteiger partial charge < -0.3 is 5.73 Å². The van der Waals surface area contributed by atoms with Gasteiger partial charge in [-0.25, -0.2) is 4.39 Å². The van der Waals surface area contributed by atoms with Crippen LogP contribution in [-0.4, -0.2) is 0 Å². The monoisotopic (exact) mass is 249 g/mol. The summed E-state index contributed by atoms with van der Waals surface area (Å²) >= 11 is 0. The number of alkyl halides is 3. The zero-order valence-electron chi connectivity index (χ0n) is 9.68. The predicted octanol–water partition coefficient (Wildman–Crippen LogP) is 3.89. The van der Waals surface area contributed by atoms with Crippen molar-refractivity contribution in [1.29, 1.82) is 0 Å². The standard InChI is InChI=1S/C12H15F4N/c1-7(2)5-11(17)9-4-3-8(6-10(9)13)12(14,15)16/h3-4,6-7,11H,5,17H2,1-2H3/t11-/m1/s1. The van der Waals surface area contributed by atoms with Crippen LogP contribution in [0.2, 0.25) is 0 Å². The Kier molecular flexibility index (Phi) is 4.14. The Bertz CT molecular complexity index is 385. The van der Waals surface area contributed by atoms with Gasteiger partial charge in [-0.2, -0.15) is 13.2 Å². The molecular weight excluding hydrogens is 234 g/mol. The van der Waals surface area contributed by atoms with E-state index in [1.54, 1.807) is 0 Å². The highest BCUT2D eigenvalue weighted by Crippen LogP contribution is 2.31. The summed E-state index contributed by atoms with van der Waals surface area (Å²) in [4.78, 5) is 0. The molecule has 0 spiro atoms. The lowest BCUT2D eigenvalue weighted by molar-refractivity contribution is -0.137. The third kappa shape index (κ3) is 3.70. The number of benzene rings is 1. The second kappa shape index (κ2) is 5.04. The summed E-state index contributed by atoms with van der Waals surface area (Å²) in [6, 6.07) is 1.90. The van der Waals surface area contributed by atoms with Crippen molar-refractivity contribution in [2.45, 2.75) is 32.5 Å². The largest absolute Gasteiger partial charge is 0.416 e. The van der Waals surface area contributed by atoms with E-state index in [9.17, 15) is 17.6 Å². The molecule has 0 bridgehead atoms. The maximum atomic E-state index is 13.5. The van der Waals surface area contributed by atoms with Crippen molar-refractivity contribution in [2.24, 2.45) is 11.7 Å². The molecule has 0 aliphatic heterocycles. The molecule has 1 nitrogen and oxygen atoms in total. The highest BCUT2D eigenvalue weighted by atomic mass is 19.4. The zero-order valence-corrected chi connectivity index (χ0v) is 9.68. The van der Waals surface area contributed by atoms with E-state index in [1.165, 1.54) is 0 Å². The first-order chi connectivity index (χ1) is 7.71. The highest BCUT2D eigenvalue weighted by Gasteiger charge is 2.31. The van der Waals surface area contributed by atoms with E-state index in [0.29, 0.717) is 12.5 Å². The van der Waals surface area contributed by atoms with E-state index in [4.69, 9.17) is 5.73 Å². The van der Waals surface area contributed by atoms with Crippen molar-refractivity contribution in [1.82, 2.24) is 0 Å². The van der Waals surface area contributed by atoms with Gasteiger partial charge in [0.15, 0.2) is 0 Å². The first-order valence-electron chi connectivity index (χ1n) is 5.34. The van der Waals surface area contributed by atoms with Gasteiger partial charge in [-0.15, -0.1) is 0 Å². The van der Waals surface area contributed by atoms with E-state index in [0.717, 1.165) is 12.1 Å². The van der Waals surface area contributed by atoms with Gasteiger partial charge in [0.1, 0.15) is 5.82 Å². The lowest BCUT2D eigenvalue weighted by Gasteiger charge is -2.16. The summed E-state index contributed by atoms with van der Waals surface area (Å²) in [7, 11) is 0. The van der Waals surface area contributed by atoms with Gasteiger partial charge in [-0.1, -0.05) is 19.9 Å². The second-order valence-electron chi connectivity index (χ2n) is 4.47. The molecule has 17 heavy (non-hydrogen) atoms. The van der Waals surface area contributed by atoms with E-state index < -0.39 is 23.6 Å². The first kappa shape index (κ1) is 14.0. The lowest BCUT2D eigenvalue weighted by atomic mass is 9.96. The lowest BCUT2D eigenvalue weighted by Crippen LogP contribution is -2.15. The molecule has 1 aromatic carbocycles. The topological polar surface area (TPSA) is 26.0 Å². The molecule has 1 atom stereocenters. The number of rotatable bonds is 3. The normalized spacial score (nSPS) is 14.1. The predicted molar refractivity (Wildman–Crippen MR) is 57.8 cm³/mol. The summed E-state index contributed by atoms with van der Waals surface area (Å²) in [6.45, 7) is 3.84. The fourth-order valence-electron chi connectivity index (χ4n) is 1.64. The van der Waals surface area contributed by atoms with Crippen LogP contribution in [-0.2, 0) is 6.18 Å². The fourth-order valence-corrected chi connectivity index (χ4v) is 1.64. The van der Waals surface area contributed by atoms with Crippen LogP contribution in [0, 0.1) is 11.7 Å². The fraction of sp³-hybridized carbons (Fsp3) is 0.500. The molecule has 0 amide bonds. The van der Waals surface area contributed by atoms with Crippen LogP contribution in [0.1, 0.15) is 37.4 Å². The molecule has 0 unspecified atom stereocenters. The summed E-state index contributed by atoms with van der Waals surface area (Å²) in [5, 5.41) is 0. The summed E-state index contributed by atoms with van der Waals surface area (Å²) < 4.78 is 50.4. The minimum absolute atomic E-state index is 0.131. The minimum atomic E-state index is -4.53. The molecular formula is C12H15F4N. The van der Waals surface area contributed by atoms with Gasteiger partial charge >= 0.3 is 6.18 Å². The van der Waals surface area contributed by atoms with E-state index in [-0.39, 0.29) is 11.5 Å². The highest BCUT2D eigenvalue weighted by molar-refractivity contribution is 5.28. The van der Waals surface area contributed by atoms with E-state index >= 15 is 0 Å². The Morgan fingerprint density at radius 2 is 1.82 bits per heavy atom. The Balaban J connectivity index is 2.98. The van der Waals surface area contributed by atoms with Crippen LogP contribution in [0.3, 0.4) is 0 Å². The Hall–Kier alpha value is -1.10. The molecule has 0 saturated carbocycles. The van der Waals surface area contributed by atoms with Crippen LogP contribution in [0.15, 0.2) is 18.2 Å².